The summed E-state index contributed by atoms with van der Waals surface area (Å²) in [6.45, 7) is 3.83. The standard InChI is InChI=1S/C25H25N3O4/c1-17-14-18-6-2-4-8-21(18)28(17)23(29)16-27-15-20(19-7-3-5-9-22(19)27)24(30)25(31)26-10-12-32-13-11-26/h2-9,15,17H,10-14,16H2,1H3. The van der Waals surface area contributed by atoms with E-state index in [9.17, 15) is 14.4 Å². The van der Waals surface area contributed by atoms with Crippen molar-refractivity contribution in [3.8, 4) is 0 Å². The van der Waals surface area contributed by atoms with Gasteiger partial charge in [0.15, 0.2) is 0 Å². The summed E-state index contributed by atoms with van der Waals surface area (Å²) in [5, 5.41) is 0.682. The van der Waals surface area contributed by atoms with Crippen molar-refractivity contribution in [3.05, 3.63) is 65.9 Å². The van der Waals surface area contributed by atoms with Gasteiger partial charge >= 0.3 is 0 Å². The molecule has 0 bridgehead atoms. The van der Waals surface area contributed by atoms with Crippen molar-refractivity contribution in [1.29, 1.82) is 0 Å². The fourth-order valence-electron chi connectivity index (χ4n) is 4.75. The maximum absolute atomic E-state index is 13.3. The van der Waals surface area contributed by atoms with Crippen LogP contribution in [0.25, 0.3) is 10.9 Å². The molecule has 1 saturated heterocycles. The van der Waals surface area contributed by atoms with Crippen LogP contribution in [0.3, 0.4) is 0 Å². The lowest BCUT2D eigenvalue weighted by molar-refractivity contribution is -0.130. The van der Waals surface area contributed by atoms with Crippen LogP contribution in [0.5, 0.6) is 0 Å². The Morgan fingerprint density at radius 2 is 1.72 bits per heavy atom. The number of carbonyl (C=O) groups excluding carboxylic acids is 3. The number of amides is 2. The van der Waals surface area contributed by atoms with Gasteiger partial charge in [-0.05, 0) is 31.0 Å². The Morgan fingerprint density at radius 1 is 1.00 bits per heavy atom. The Hall–Kier alpha value is -3.45. The number of ketones is 1. The summed E-state index contributed by atoms with van der Waals surface area (Å²) in [4.78, 5) is 42.6. The van der Waals surface area contributed by atoms with Crippen molar-refractivity contribution in [3.63, 3.8) is 0 Å². The molecule has 0 saturated carbocycles. The van der Waals surface area contributed by atoms with Crippen molar-refractivity contribution in [2.45, 2.75) is 25.9 Å². The van der Waals surface area contributed by atoms with Gasteiger partial charge in [0.1, 0.15) is 6.54 Å². The third kappa shape index (κ3) is 3.48. The minimum atomic E-state index is -0.547. The summed E-state index contributed by atoms with van der Waals surface area (Å²) in [6, 6.07) is 15.4. The normalized spacial score (nSPS) is 18.1. The summed E-state index contributed by atoms with van der Waals surface area (Å²) in [7, 11) is 0. The van der Waals surface area contributed by atoms with Crippen LogP contribution < -0.4 is 4.90 Å². The monoisotopic (exact) mass is 431 g/mol. The number of nitrogens with zero attached hydrogens (tertiary/aromatic N) is 3. The maximum Gasteiger partial charge on any atom is 0.295 e. The number of aromatic nitrogens is 1. The first kappa shape index (κ1) is 20.5. The number of anilines is 1. The van der Waals surface area contributed by atoms with Crippen LogP contribution in [-0.4, -0.2) is 59.4 Å². The third-order valence-corrected chi connectivity index (χ3v) is 6.31. The average Bonchev–Trinajstić information content (AvgIpc) is 3.35. The second kappa shape index (κ2) is 8.24. The molecule has 1 fully saturated rings. The SMILES string of the molecule is CC1Cc2ccccc2N1C(=O)Cn1cc(C(=O)C(=O)N2CCOCC2)c2ccccc21. The molecule has 32 heavy (non-hydrogen) atoms. The highest BCUT2D eigenvalue weighted by atomic mass is 16.5. The second-order valence-electron chi connectivity index (χ2n) is 8.37. The molecule has 2 amide bonds. The Bertz CT molecular complexity index is 1210. The Kier molecular flexibility index (Phi) is 5.27. The minimum Gasteiger partial charge on any atom is -0.378 e. The van der Waals surface area contributed by atoms with Gasteiger partial charge in [0, 0.05) is 41.9 Å². The molecule has 7 heteroatoms. The van der Waals surface area contributed by atoms with E-state index in [1.165, 1.54) is 4.90 Å². The first-order chi connectivity index (χ1) is 15.5. The molecule has 1 unspecified atom stereocenters. The number of rotatable bonds is 4. The van der Waals surface area contributed by atoms with Crippen LogP contribution in [-0.2, 0) is 27.3 Å². The van der Waals surface area contributed by atoms with Crippen molar-refractivity contribution in [2.75, 3.05) is 31.2 Å². The van der Waals surface area contributed by atoms with Gasteiger partial charge < -0.3 is 19.1 Å². The number of benzene rings is 2. The molecular weight excluding hydrogens is 406 g/mol. The molecular formula is C25H25N3O4. The third-order valence-electron chi connectivity index (χ3n) is 6.31. The van der Waals surface area contributed by atoms with Crippen LogP contribution in [0.2, 0.25) is 0 Å². The van der Waals surface area contributed by atoms with Gasteiger partial charge in [-0.3, -0.25) is 14.4 Å². The van der Waals surface area contributed by atoms with Gasteiger partial charge in [0.2, 0.25) is 5.91 Å². The highest BCUT2D eigenvalue weighted by Gasteiger charge is 2.32. The molecule has 1 atom stereocenters. The molecule has 0 N–H and O–H groups in total. The fourth-order valence-corrected chi connectivity index (χ4v) is 4.75. The summed E-state index contributed by atoms with van der Waals surface area (Å²) in [5.74, 6) is -1.11. The molecule has 1 aromatic heterocycles. The van der Waals surface area contributed by atoms with Gasteiger partial charge in [-0.2, -0.15) is 0 Å². The molecule has 2 aliphatic rings. The quantitative estimate of drug-likeness (QED) is 0.470. The van der Waals surface area contributed by atoms with Crippen molar-refractivity contribution < 1.29 is 19.1 Å². The lowest BCUT2D eigenvalue weighted by Crippen LogP contribution is -2.44. The molecule has 2 aliphatic heterocycles. The Labute approximate surface area is 186 Å². The van der Waals surface area contributed by atoms with E-state index in [1.54, 1.807) is 10.8 Å². The van der Waals surface area contributed by atoms with Gasteiger partial charge in [-0.25, -0.2) is 0 Å². The van der Waals surface area contributed by atoms with Crippen LogP contribution in [0.4, 0.5) is 5.69 Å². The summed E-state index contributed by atoms with van der Waals surface area (Å²) in [6.07, 6.45) is 2.47. The molecule has 164 valence electrons. The van der Waals surface area contributed by atoms with E-state index < -0.39 is 11.7 Å². The van der Waals surface area contributed by atoms with Crippen LogP contribution in [0.15, 0.2) is 54.7 Å². The van der Waals surface area contributed by atoms with E-state index in [0.717, 1.165) is 23.2 Å². The first-order valence-corrected chi connectivity index (χ1v) is 10.9. The zero-order valence-electron chi connectivity index (χ0n) is 18.0. The lowest BCUT2D eigenvalue weighted by Gasteiger charge is -2.26. The number of fused-ring (bicyclic) bond motifs is 2. The number of carbonyl (C=O) groups is 3. The molecule has 0 aliphatic carbocycles. The highest BCUT2D eigenvalue weighted by molar-refractivity contribution is 6.44. The summed E-state index contributed by atoms with van der Waals surface area (Å²) < 4.78 is 7.07. The van der Waals surface area contributed by atoms with Crippen LogP contribution in [0, 0.1) is 0 Å². The zero-order chi connectivity index (χ0) is 22.2. The molecule has 3 aromatic rings. The Morgan fingerprint density at radius 3 is 2.53 bits per heavy atom. The fraction of sp³-hybridized carbons (Fsp3) is 0.320. The first-order valence-electron chi connectivity index (χ1n) is 10.9. The smallest absolute Gasteiger partial charge is 0.295 e. The average molecular weight is 431 g/mol. The molecule has 3 heterocycles. The van der Waals surface area contributed by atoms with E-state index in [4.69, 9.17) is 4.74 Å². The summed E-state index contributed by atoms with van der Waals surface area (Å²) in [5.41, 5.74) is 3.21. The van der Waals surface area contributed by atoms with Gasteiger partial charge in [-0.15, -0.1) is 0 Å². The zero-order valence-corrected chi connectivity index (χ0v) is 18.0. The predicted octanol–water partition coefficient (Wildman–Crippen LogP) is 2.66. The van der Waals surface area contributed by atoms with Crippen molar-refractivity contribution in [1.82, 2.24) is 9.47 Å². The number of morpholine rings is 1. The molecule has 0 spiro atoms. The highest BCUT2D eigenvalue weighted by Crippen LogP contribution is 2.32. The number of ether oxygens (including phenoxy) is 1. The van der Waals surface area contributed by atoms with E-state index in [-0.39, 0.29) is 18.5 Å². The van der Waals surface area contributed by atoms with E-state index in [0.29, 0.717) is 37.3 Å². The lowest BCUT2D eigenvalue weighted by atomic mass is 10.1. The van der Waals surface area contributed by atoms with E-state index in [2.05, 4.69) is 6.07 Å². The topological polar surface area (TPSA) is 71.9 Å². The van der Waals surface area contributed by atoms with Gasteiger partial charge in [0.05, 0.1) is 18.8 Å². The summed E-state index contributed by atoms with van der Waals surface area (Å²) >= 11 is 0. The number of para-hydroxylation sites is 2. The van der Waals surface area contributed by atoms with Crippen molar-refractivity contribution in [2.24, 2.45) is 0 Å². The van der Waals surface area contributed by atoms with Gasteiger partial charge in [0.25, 0.3) is 11.7 Å². The second-order valence-corrected chi connectivity index (χ2v) is 8.37. The number of hydrogen-bond donors (Lipinski definition) is 0. The minimum absolute atomic E-state index is 0.0401. The number of hydrogen-bond acceptors (Lipinski definition) is 4. The van der Waals surface area contributed by atoms with Gasteiger partial charge in [-0.1, -0.05) is 36.4 Å². The van der Waals surface area contributed by atoms with Crippen molar-refractivity contribution >= 4 is 34.2 Å². The van der Waals surface area contributed by atoms with Crippen LogP contribution in [0.1, 0.15) is 22.8 Å². The maximum atomic E-state index is 13.3. The number of Topliss-reactive ketones (excluding diaryl/α,β-unsaturated/α-hetero) is 1. The molecule has 0 radical (unpaired) electrons. The predicted molar refractivity (Wildman–Crippen MR) is 121 cm³/mol. The van der Waals surface area contributed by atoms with E-state index >= 15 is 0 Å². The Balaban J connectivity index is 1.45. The molecule has 7 nitrogen and oxygen atoms in total. The molecule has 5 rings (SSSR count). The molecule has 2 aromatic carbocycles. The van der Waals surface area contributed by atoms with E-state index in [1.807, 2.05) is 54.3 Å². The van der Waals surface area contributed by atoms with Crippen LogP contribution >= 0.6 is 0 Å². The largest absolute Gasteiger partial charge is 0.378 e.